The van der Waals surface area contributed by atoms with Crippen LogP contribution < -0.4 is 0 Å². The third-order valence-electron chi connectivity index (χ3n) is 7.75. The molecular weight excluding hydrogens is 436 g/mol. The summed E-state index contributed by atoms with van der Waals surface area (Å²) in [4.78, 5) is 30.9. The van der Waals surface area contributed by atoms with Crippen molar-refractivity contribution < 1.29 is 14.3 Å². The van der Waals surface area contributed by atoms with Crippen LogP contribution in [-0.4, -0.2) is 55.0 Å². The summed E-state index contributed by atoms with van der Waals surface area (Å²) >= 11 is 6.01. The number of nitrogens with zero attached hydrogens (tertiary/aromatic N) is 2. The molecule has 0 radical (unpaired) electrons. The predicted molar refractivity (Wildman–Crippen MR) is 128 cm³/mol. The van der Waals surface area contributed by atoms with Crippen LogP contribution in [0.25, 0.3) is 0 Å². The summed E-state index contributed by atoms with van der Waals surface area (Å²) in [5, 5.41) is 0.720. The second-order valence-electron chi connectivity index (χ2n) is 9.77. The normalized spacial score (nSPS) is 23.9. The molecule has 5 rings (SSSR count). The fourth-order valence-corrected chi connectivity index (χ4v) is 5.77. The Morgan fingerprint density at radius 1 is 1.09 bits per heavy atom. The number of halogens is 1. The number of carbonyl (C=O) groups is 2. The maximum absolute atomic E-state index is 13.7. The van der Waals surface area contributed by atoms with Crippen LogP contribution in [0.5, 0.6) is 0 Å². The van der Waals surface area contributed by atoms with Gasteiger partial charge in [0, 0.05) is 44.2 Å². The average Bonchev–Trinajstić information content (AvgIpc) is 3.64. The first-order chi connectivity index (χ1) is 16.0. The van der Waals surface area contributed by atoms with Crippen molar-refractivity contribution in [2.24, 2.45) is 11.3 Å². The first-order valence-corrected chi connectivity index (χ1v) is 12.3. The van der Waals surface area contributed by atoms with E-state index in [4.69, 9.17) is 16.3 Å². The molecule has 2 heterocycles. The fourth-order valence-electron chi connectivity index (χ4n) is 5.65. The van der Waals surface area contributed by atoms with E-state index in [2.05, 4.69) is 18.2 Å². The third kappa shape index (κ3) is 4.41. The number of amides is 2. The van der Waals surface area contributed by atoms with Crippen LogP contribution in [0.2, 0.25) is 5.02 Å². The number of ether oxygens (including phenoxy) is 1. The summed E-state index contributed by atoms with van der Waals surface area (Å²) in [5.74, 6) is 0.807. The second-order valence-corrected chi connectivity index (χ2v) is 10.2. The van der Waals surface area contributed by atoms with Gasteiger partial charge in [-0.05, 0) is 60.4 Å². The highest BCUT2D eigenvalue weighted by molar-refractivity contribution is 6.30. The zero-order valence-electron chi connectivity index (χ0n) is 19.1. The van der Waals surface area contributed by atoms with Gasteiger partial charge in [-0.2, -0.15) is 0 Å². The van der Waals surface area contributed by atoms with Crippen molar-refractivity contribution in [1.82, 2.24) is 9.80 Å². The van der Waals surface area contributed by atoms with Gasteiger partial charge in [0.1, 0.15) is 0 Å². The molecule has 2 aromatic carbocycles. The number of likely N-dealkylation sites (tertiary alicyclic amines) is 1. The van der Waals surface area contributed by atoms with Gasteiger partial charge in [0.25, 0.3) is 0 Å². The van der Waals surface area contributed by atoms with Gasteiger partial charge in [-0.15, -0.1) is 0 Å². The smallest absolute Gasteiger partial charge is 0.229 e. The Labute approximate surface area is 200 Å². The van der Waals surface area contributed by atoms with Crippen molar-refractivity contribution in [3.05, 3.63) is 70.2 Å². The Morgan fingerprint density at radius 3 is 2.48 bits per heavy atom. The van der Waals surface area contributed by atoms with E-state index in [9.17, 15) is 9.59 Å². The highest BCUT2D eigenvalue weighted by Gasteiger charge is 2.50. The van der Waals surface area contributed by atoms with Crippen molar-refractivity contribution in [3.63, 3.8) is 0 Å². The van der Waals surface area contributed by atoms with Crippen LogP contribution in [0.3, 0.4) is 0 Å². The maximum atomic E-state index is 13.7. The molecule has 0 bridgehead atoms. The Kier molecular flexibility index (Phi) is 6.19. The third-order valence-corrected chi connectivity index (χ3v) is 8.00. The maximum Gasteiger partial charge on any atom is 0.229 e. The van der Waals surface area contributed by atoms with Crippen molar-refractivity contribution in [2.75, 3.05) is 33.4 Å². The zero-order chi connectivity index (χ0) is 23.0. The van der Waals surface area contributed by atoms with Gasteiger partial charge < -0.3 is 14.5 Å². The van der Waals surface area contributed by atoms with Gasteiger partial charge in [-0.1, -0.05) is 48.0 Å². The first-order valence-electron chi connectivity index (χ1n) is 11.9. The van der Waals surface area contributed by atoms with E-state index in [0.717, 1.165) is 17.9 Å². The number of hydrogen-bond acceptors (Lipinski definition) is 3. The molecule has 1 aliphatic carbocycles. The topological polar surface area (TPSA) is 49.9 Å². The number of rotatable bonds is 5. The molecule has 1 spiro atoms. The summed E-state index contributed by atoms with van der Waals surface area (Å²) < 4.78 is 5.28. The average molecular weight is 467 g/mol. The van der Waals surface area contributed by atoms with Gasteiger partial charge in [0.05, 0.1) is 12.0 Å². The Morgan fingerprint density at radius 2 is 1.79 bits per heavy atom. The minimum absolute atomic E-state index is 0.0592. The molecule has 2 aromatic rings. The molecule has 6 heteroatoms. The second kappa shape index (κ2) is 9.11. The summed E-state index contributed by atoms with van der Waals surface area (Å²) in [6.07, 6.45) is 3.09. The molecule has 174 valence electrons. The van der Waals surface area contributed by atoms with Crippen molar-refractivity contribution in [1.29, 1.82) is 0 Å². The number of fused-ring (bicyclic) bond motifs is 1. The lowest BCUT2D eigenvalue weighted by Crippen LogP contribution is -2.52. The molecule has 2 atom stereocenters. The van der Waals surface area contributed by atoms with E-state index in [1.54, 1.807) is 7.11 Å². The summed E-state index contributed by atoms with van der Waals surface area (Å²) in [5.41, 5.74) is 3.24. The van der Waals surface area contributed by atoms with Gasteiger partial charge in [-0.3, -0.25) is 9.59 Å². The summed E-state index contributed by atoms with van der Waals surface area (Å²) in [7, 11) is 1.67. The lowest BCUT2D eigenvalue weighted by Gasteiger charge is -2.42. The predicted octanol–water partition coefficient (Wildman–Crippen LogP) is 4.28. The molecule has 3 aliphatic rings. The molecular formula is C27H31ClN2O3. The molecule has 0 aromatic heterocycles. The summed E-state index contributed by atoms with van der Waals surface area (Å²) in [6, 6.07) is 16.2. The lowest BCUT2D eigenvalue weighted by atomic mass is 9.72. The molecule has 5 nitrogen and oxygen atoms in total. The number of piperidine rings is 1. The Hall–Kier alpha value is -2.37. The van der Waals surface area contributed by atoms with Gasteiger partial charge >= 0.3 is 0 Å². The molecule has 33 heavy (non-hydrogen) atoms. The van der Waals surface area contributed by atoms with E-state index in [0.29, 0.717) is 51.5 Å². The van der Waals surface area contributed by atoms with Crippen LogP contribution in [0, 0.1) is 11.3 Å². The minimum atomic E-state index is -0.434. The molecule has 1 saturated carbocycles. The quantitative estimate of drug-likeness (QED) is 0.660. The fraction of sp³-hybridized carbons (Fsp3) is 0.481. The number of carbonyl (C=O) groups excluding carboxylic acids is 2. The van der Waals surface area contributed by atoms with Crippen LogP contribution >= 0.6 is 11.6 Å². The van der Waals surface area contributed by atoms with E-state index in [1.807, 2.05) is 40.1 Å². The highest BCUT2D eigenvalue weighted by atomic mass is 35.5. The monoisotopic (exact) mass is 466 g/mol. The van der Waals surface area contributed by atoms with E-state index in [-0.39, 0.29) is 17.7 Å². The lowest BCUT2D eigenvalue weighted by molar-refractivity contribution is -0.149. The van der Waals surface area contributed by atoms with Crippen molar-refractivity contribution >= 4 is 23.4 Å². The van der Waals surface area contributed by atoms with Crippen LogP contribution in [-0.2, 0) is 27.3 Å². The number of hydrogen-bond donors (Lipinski definition) is 0. The zero-order valence-corrected chi connectivity index (χ0v) is 19.9. The molecule has 2 fully saturated rings. The molecule has 0 unspecified atom stereocenters. The number of methoxy groups -OCH3 is 1. The minimum Gasteiger partial charge on any atom is -0.383 e. The molecule has 2 amide bonds. The molecule has 0 N–H and O–H groups in total. The van der Waals surface area contributed by atoms with Gasteiger partial charge in [0.2, 0.25) is 11.8 Å². The molecule has 1 saturated heterocycles. The Bertz CT molecular complexity index is 1030. The number of benzene rings is 2. The van der Waals surface area contributed by atoms with Crippen LogP contribution in [0.1, 0.15) is 41.9 Å². The van der Waals surface area contributed by atoms with Gasteiger partial charge in [-0.25, -0.2) is 0 Å². The highest BCUT2D eigenvalue weighted by Crippen LogP contribution is 2.49. The van der Waals surface area contributed by atoms with Crippen molar-refractivity contribution in [3.8, 4) is 0 Å². The largest absolute Gasteiger partial charge is 0.383 e. The Balaban J connectivity index is 1.28. The van der Waals surface area contributed by atoms with E-state index < -0.39 is 5.41 Å². The van der Waals surface area contributed by atoms with E-state index in [1.165, 1.54) is 16.7 Å². The van der Waals surface area contributed by atoms with Crippen LogP contribution in [0.15, 0.2) is 48.5 Å². The van der Waals surface area contributed by atoms with Gasteiger partial charge in [0.15, 0.2) is 0 Å². The standard InChI is InChI=1S/C27H31ClN2O3/c1-33-15-14-30-18-21-5-3-2-4-20(21)17-27(26(30)32)10-12-29(13-11-27)25(31)24-16-23(24)19-6-8-22(28)9-7-19/h2-9,23-24H,10-18H2,1H3/t23-,24-/m1/s1. The molecule has 2 aliphatic heterocycles. The van der Waals surface area contributed by atoms with E-state index >= 15 is 0 Å². The van der Waals surface area contributed by atoms with Crippen LogP contribution in [0.4, 0.5) is 0 Å². The van der Waals surface area contributed by atoms with Crippen molar-refractivity contribution in [2.45, 2.75) is 38.1 Å². The summed E-state index contributed by atoms with van der Waals surface area (Å²) in [6.45, 7) is 3.05. The SMILES string of the molecule is COCCN1Cc2ccccc2CC2(CCN(C(=O)[C@@H]3C[C@@H]3c3ccc(Cl)cc3)CC2)C1=O. The first kappa shape index (κ1) is 22.4.